The molecule has 2 aliphatic rings. The number of fused-ring (bicyclic) bond motifs is 1. The van der Waals surface area contributed by atoms with Crippen LogP contribution in [-0.4, -0.2) is 64.7 Å². The Balaban J connectivity index is 1.62. The van der Waals surface area contributed by atoms with Crippen LogP contribution in [0.2, 0.25) is 0 Å². The van der Waals surface area contributed by atoms with Gasteiger partial charge in [0.25, 0.3) is 0 Å². The topological polar surface area (TPSA) is 90.9 Å². The van der Waals surface area contributed by atoms with Gasteiger partial charge in [0.2, 0.25) is 5.91 Å². The number of nitrogens with one attached hydrogen (secondary N) is 1. The molecule has 3 atom stereocenters. The summed E-state index contributed by atoms with van der Waals surface area (Å²) in [6.45, 7) is 16.2. The Labute approximate surface area is 220 Å². The third-order valence-electron chi connectivity index (χ3n) is 7.21. The molecule has 3 heterocycles. The fraction of sp³-hybridized carbons (Fsp3) is 0.571. The van der Waals surface area contributed by atoms with Gasteiger partial charge in [-0.2, -0.15) is 0 Å². The van der Waals surface area contributed by atoms with Crippen LogP contribution in [0.3, 0.4) is 0 Å². The van der Waals surface area contributed by atoms with Gasteiger partial charge in [-0.25, -0.2) is 9.78 Å². The lowest BCUT2D eigenvalue weighted by Crippen LogP contribution is -2.51. The molecule has 9 heteroatoms. The molecule has 1 N–H and O–H groups in total. The molecule has 2 amide bonds. The monoisotopic (exact) mass is 508 g/mol. The molecule has 9 nitrogen and oxygen atoms in total. The number of piperazine rings is 1. The van der Waals surface area contributed by atoms with E-state index in [0.717, 1.165) is 34.9 Å². The van der Waals surface area contributed by atoms with Crippen LogP contribution < -0.4 is 15.1 Å². The van der Waals surface area contributed by atoms with Crippen LogP contribution in [0.1, 0.15) is 65.3 Å². The highest BCUT2D eigenvalue weighted by atomic mass is 16.6. The molecule has 4 rings (SSSR count). The van der Waals surface area contributed by atoms with E-state index in [9.17, 15) is 9.59 Å². The molecule has 0 bridgehead atoms. The quantitative estimate of drug-likeness (QED) is 0.636. The summed E-state index contributed by atoms with van der Waals surface area (Å²) in [5, 5.41) is 3.61. The molecule has 0 radical (unpaired) electrons. The molecule has 1 fully saturated rings. The standard InChI is InChI=1S/C28H40N6O3/c1-8-23-19(3)26(31-25-17-29-18(2)16-30-25)22-15-21(9-10-24(22)34(23)20(4)35)32-11-13-33(14-12-32)27(36)37-28(5,6)7/h9-10,15-17,19,23,26H,8,11-14H2,1-7H3,(H,30,31)/t19-,23-,26+/m0/s1. The lowest BCUT2D eigenvalue weighted by molar-refractivity contribution is -0.117. The van der Waals surface area contributed by atoms with Crippen molar-refractivity contribution in [1.29, 1.82) is 0 Å². The van der Waals surface area contributed by atoms with Gasteiger partial charge in [0.1, 0.15) is 11.4 Å². The lowest BCUT2D eigenvalue weighted by atomic mass is 9.80. The van der Waals surface area contributed by atoms with Crippen molar-refractivity contribution in [3.05, 3.63) is 41.9 Å². The number of anilines is 3. The number of ether oxygens (including phenoxy) is 1. The summed E-state index contributed by atoms with van der Waals surface area (Å²) >= 11 is 0. The maximum atomic E-state index is 12.8. The molecule has 37 heavy (non-hydrogen) atoms. The maximum absolute atomic E-state index is 12.8. The maximum Gasteiger partial charge on any atom is 0.410 e. The van der Waals surface area contributed by atoms with Crippen molar-refractivity contribution in [2.24, 2.45) is 5.92 Å². The van der Waals surface area contributed by atoms with Gasteiger partial charge in [-0.15, -0.1) is 0 Å². The molecule has 200 valence electrons. The number of rotatable bonds is 4. The van der Waals surface area contributed by atoms with Gasteiger partial charge in [0.05, 0.1) is 24.1 Å². The number of hydrogen-bond donors (Lipinski definition) is 1. The first kappa shape index (κ1) is 26.7. The van der Waals surface area contributed by atoms with Gasteiger partial charge in [-0.3, -0.25) is 9.78 Å². The number of amides is 2. The molecule has 0 spiro atoms. The Bertz CT molecular complexity index is 1120. The third kappa shape index (κ3) is 5.81. The van der Waals surface area contributed by atoms with Crippen molar-refractivity contribution < 1.29 is 14.3 Å². The summed E-state index contributed by atoms with van der Waals surface area (Å²) in [6, 6.07) is 6.38. The predicted molar refractivity (Wildman–Crippen MR) is 146 cm³/mol. The van der Waals surface area contributed by atoms with Gasteiger partial charge in [0.15, 0.2) is 0 Å². The van der Waals surface area contributed by atoms with Crippen molar-refractivity contribution >= 4 is 29.2 Å². The Morgan fingerprint density at radius 3 is 2.38 bits per heavy atom. The minimum Gasteiger partial charge on any atom is -0.444 e. The minimum absolute atomic E-state index is 0.0319. The zero-order chi connectivity index (χ0) is 26.9. The Kier molecular flexibility index (Phi) is 7.62. The zero-order valence-electron chi connectivity index (χ0n) is 23.1. The number of benzene rings is 1. The third-order valence-corrected chi connectivity index (χ3v) is 7.21. The van der Waals surface area contributed by atoms with Crippen molar-refractivity contribution in [3.63, 3.8) is 0 Å². The van der Waals surface area contributed by atoms with Crippen LogP contribution in [-0.2, 0) is 9.53 Å². The molecule has 0 unspecified atom stereocenters. The van der Waals surface area contributed by atoms with E-state index in [1.165, 1.54) is 0 Å². The van der Waals surface area contributed by atoms with Gasteiger partial charge in [0, 0.05) is 62.0 Å². The van der Waals surface area contributed by atoms with E-state index in [-0.39, 0.29) is 30.0 Å². The minimum atomic E-state index is -0.508. The summed E-state index contributed by atoms with van der Waals surface area (Å²) < 4.78 is 5.55. The molecule has 2 aromatic rings. The van der Waals surface area contributed by atoms with Gasteiger partial charge < -0.3 is 24.8 Å². The highest BCUT2D eigenvalue weighted by Gasteiger charge is 2.40. The Hall–Kier alpha value is -3.36. The van der Waals surface area contributed by atoms with Gasteiger partial charge in [-0.05, 0) is 52.3 Å². The number of carbonyl (C=O) groups is 2. The van der Waals surface area contributed by atoms with E-state index < -0.39 is 5.60 Å². The van der Waals surface area contributed by atoms with Crippen molar-refractivity contribution in [2.45, 2.75) is 72.6 Å². The first-order valence-corrected chi connectivity index (χ1v) is 13.2. The Morgan fingerprint density at radius 2 is 1.81 bits per heavy atom. The second-order valence-electron chi connectivity index (χ2n) is 11.1. The number of nitrogens with zero attached hydrogens (tertiary/aromatic N) is 5. The molecule has 0 aliphatic carbocycles. The van der Waals surface area contributed by atoms with Crippen LogP contribution in [0.25, 0.3) is 0 Å². The molecule has 1 aromatic carbocycles. The summed E-state index contributed by atoms with van der Waals surface area (Å²) in [7, 11) is 0. The predicted octanol–water partition coefficient (Wildman–Crippen LogP) is 4.78. The largest absolute Gasteiger partial charge is 0.444 e. The summed E-state index contributed by atoms with van der Waals surface area (Å²) in [5.41, 5.74) is 3.44. The van der Waals surface area contributed by atoms with Gasteiger partial charge >= 0.3 is 6.09 Å². The van der Waals surface area contributed by atoms with E-state index >= 15 is 0 Å². The van der Waals surface area contributed by atoms with Gasteiger partial charge in [-0.1, -0.05) is 13.8 Å². The molecule has 1 aromatic heterocycles. The van der Waals surface area contributed by atoms with E-state index in [1.807, 2.05) is 32.6 Å². The first-order valence-electron chi connectivity index (χ1n) is 13.2. The zero-order valence-corrected chi connectivity index (χ0v) is 23.1. The molecule has 2 aliphatic heterocycles. The second kappa shape index (κ2) is 10.6. The highest BCUT2D eigenvalue weighted by molar-refractivity contribution is 5.94. The number of hydrogen-bond acceptors (Lipinski definition) is 7. The van der Waals surface area contributed by atoms with E-state index in [2.05, 4.69) is 52.2 Å². The van der Waals surface area contributed by atoms with Crippen LogP contribution >= 0.6 is 0 Å². The fourth-order valence-corrected chi connectivity index (χ4v) is 5.39. The van der Waals surface area contributed by atoms with E-state index in [0.29, 0.717) is 26.2 Å². The average molecular weight is 509 g/mol. The van der Waals surface area contributed by atoms with E-state index in [1.54, 1.807) is 24.2 Å². The summed E-state index contributed by atoms with van der Waals surface area (Å²) in [4.78, 5) is 40.2. The average Bonchev–Trinajstić information content (AvgIpc) is 2.85. The van der Waals surface area contributed by atoms with Crippen molar-refractivity contribution in [1.82, 2.24) is 14.9 Å². The molecular formula is C28H40N6O3. The SMILES string of the molecule is CC[C@H]1[C@H](C)[C@@H](Nc2cnc(C)cn2)c2cc(N3CCN(C(=O)OC(C)(C)C)CC3)ccc2N1C(C)=O. The first-order chi connectivity index (χ1) is 17.5. The highest BCUT2D eigenvalue weighted by Crippen LogP contribution is 2.44. The van der Waals surface area contributed by atoms with Crippen LogP contribution in [0, 0.1) is 12.8 Å². The lowest BCUT2D eigenvalue weighted by Gasteiger charge is -2.46. The Morgan fingerprint density at radius 1 is 1.11 bits per heavy atom. The number of carbonyl (C=O) groups excluding carboxylic acids is 2. The molecule has 1 saturated heterocycles. The van der Waals surface area contributed by atoms with E-state index in [4.69, 9.17) is 4.74 Å². The molecular weight excluding hydrogens is 468 g/mol. The normalized spacial score (nSPS) is 21.9. The summed E-state index contributed by atoms with van der Waals surface area (Å²) in [5.74, 6) is 0.923. The van der Waals surface area contributed by atoms with Crippen LogP contribution in [0.5, 0.6) is 0 Å². The second-order valence-corrected chi connectivity index (χ2v) is 11.1. The number of aryl methyl sites for hydroxylation is 1. The number of aromatic nitrogens is 2. The fourth-order valence-electron chi connectivity index (χ4n) is 5.39. The van der Waals surface area contributed by atoms with Crippen molar-refractivity contribution in [2.75, 3.05) is 41.3 Å². The summed E-state index contributed by atoms with van der Waals surface area (Å²) in [6.07, 6.45) is 4.11. The van der Waals surface area contributed by atoms with Crippen LogP contribution in [0.15, 0.2) is 30.6 Å². The van der Waals surface area contributed by atoms with Crippen molar-refractivity contribution in [3.8, 4) is 0 Å². The van der Waals surface area contributed by atoms with Crippen LogP contribution in [0.4, 0.5) is 22.0 Å². The molecule has 0 saturated carbocycles. The smallest absolute Gasteiger partial charge is 0.410 e.